The highest BCUT2D eigenvalue weighted by Crippen LogP contribution is 2.44. The lowest BCUT2D eigenvalue weighted by molar-refractivity contribution is -0.145. The van der Waals surface area contributed by atoms with Crippen molar-refractivity contribution >= 4 is 18.0 Å². The van der Waals surface area contributed by atoms with E-state index in [4.69, 9.17) is 4.74 Å². The highest BCUT2D eigenvalue weighted by atomic mass is 16.5. The number of amides is 2. The summed E-state index contributed by atoms with van der Waals surface area (Å²) in [6, 6.07) is 15.2. The van der Waals surface area contributed by atoms with E-state index in [-0.39, 0.29) is 31.5 Å². The van der Waals surface area contributed by atoms with E-state index in [1.807, 2.05) is 56.3 Å². The molecular weight excluding hydrogens is 432 g/mol. The van der Waals surface area contributed by atoms with Crippen molar-refractivity contribution in [2.45, 2.75) is 51.1 Å². The van der Waals surface area contributed by atoms with Crippen molar-refractivity contribution in [1.82, 2.24) is 10.2 Å². The highest BCUT2D eigenvalue weighted by molar-refractivity contribution is 5.89. The zero-order chi connectivity index (χ0) is 24.2. The number of hydrogen-bond donors (Lipinski definition) is 2. The van der Waals surface area contributed by atoms with E-state index in [9.17, 15) is 19.5 Å². The largest absolute Gasteiger partial charge is 0.480 e. The molecule has 2 aliphatic carbocycles. The van der Waals surface area contributed by atoms with E-state index in [0.29, 0.717) is 0 Å². The number of carboxylic acids is 1. The Labute approximate surface area is 199 Å². The molecule has 0 heterocycles. The predicted octanol–water partition coefficient (Wildman–Crippen LogP) is 4.33. The van der Waals surface area contributed by atoms with Gasteiger partial charge < -0.3 is 20.1 Å². The van der Waals surface area contributed by atoms with Crippen LogP contribution in [0.5, 0.6) is 0 Å². The van der Waals surface area contributed by atoms with Crippen LogP contribution in [0, 0.1) is 0 Å². The van der Waals surface area contributed by atoms with Gasteiger partial charge in [0.25, 0.3) is 0 Å². The first kappa shape index (κ1) is 23.5. The van der Waals surface area contributed by atoms with Crippen LogP contribution in [0.4, 0.5) is 4.79 Å². The molecule has 0 aromatic heterocycles. The predicted molar refractivity (Wildman–Crippen MR) is 128 cm³/mol. The SMILES string of the molecule is CC(C)=CCC(NC(=O)OCC1c2ccccc2-c2ccccc21)C(=O)N(CC(=O)O)C1CC1. The van der Waals surface area contributed by atoms with Crippen LogP contribution in [-0.4, -0.2) is 53.2 Å². The van der Waals surface area contributed by atoms with E-state index in [1.165, 1.54) is 4.90 Å². The van der Waals surface area contributed by atoms with Gasteiger partial charge in [0.05, 0.1) is 0 Å². The van der Waals surface area contributed by atoms with Gasteiger partial charge in [-0.2, -0.15) is 0 Å². The third kappa shape index (κ3) is 5.30. The second kappa shape index (κ2) is 10.1. The van der Waals surface area contributed by atoms with Crippen LogP contribution in [0.3, 0.4) is 0 Å². The molecule has 1 fully saturated rings. The molecule has 2 aromatic rings. The third-order valence-corrected chi connectivity index (χ3v) is 6.27. The van der Waals surface area contributed by atoms with Crippen molar-refractivity contribution in [3.63, 3.8) is 0 Å². The Morgan fingerprint density at radius 3 is 2.18 bits per heavy atom. The summed E-state index contributed by atoms with van der Waals surface area (Å²) in [5, 5.41) is 11.9. The van der Waals surface area contributed by atoms with Gasteiger partial charge in [0.15, 0.2) is 0 Å². The van der Waals surface area contributed by atoms with Crippen LogP contribution >= 0.6 is 0 Å². The number of hydrogen-bond acceptors (Lipinski definition) is 4. The Morgan fingerprint density at radius 2 is 1.65 bits per heavy atom. The van der Waals surface area contributed by atoms with Crippen LogP contribution in [0.2, 0.25) is 0 Å². The second-order valence-electron chi connectivity index (χ2n) is 9.13. The monoisotopic (exact) mass is 462 g/mol. The maximum Gasteiger partial charge on any atom is 0.407 e. The van der Waals surface area contributed by atoms with Crippen LogP contribution in [0.1, 0.15) is 50.2 Å². The molecular formula is C27H30N2O5. The Morgan fingerprint density at radius 1 is 1.06 bits per heavy atom. The molecule has 0 spiro atoms. The van der Waals surface area contributed by atoms with Crippen molar-refractivity contribution in [3.8, 4) is 11.1 Å². The molecule has 1 unspecified atom stereocenters. The second-order valence-corrected chi connectivity index (χ2v) is 9.13. The quantitative estimate of drug-likeness (QED) is 0.541. The van der Waals surface area contributed by atoms with Gasteiger partial charge in [-0.05, 0) is 55.4 Å². The van der Waals surface area contributed by atoms with E-state index in [2.05, 4.69) is 17.4 Å². The van der Waals surface area contributed by atoms with Gasteiger partial charge >= 0.3 is 12.1 Å². The Bertz CT molecular complexity index is 1070. The molecule has 2 N–H and O–H groups in total. The van der Waals surface area contributed by atoms with E-state index >= 15 is 0 Å². The summed E-state index contributed by atoms with van der Waals surface area (Å²) in [5.41, 5.74) is 5.49. The third-order valence-electron chi connectivity index (χ3n) is 6.27. The summed E-state index contributed by atoms with van der Waals surface area (Å²) in [7, 11) is 0. The number of carbonyl (C=O) groups is 3. The van der Waals surface area contributed by atoms with Crippen molar-refractivity contribution in [2.24, 2.45) is 0 Å². The maximum absolute atomic E-state index is 13.2. The van der Waals surface area contributed by atoms with Crippen LogP contribution in [0.15, 0.2) is 60.2 Å². The number of fused-ring (bicyclic) bond motifs is 3. The molecule has 2 aliphatic rings. The van der Waals surface area contributed by atoms with Gasteiger partial charge in [-0.3, -0.25) is 9.59 Å². The first-order valence-corrected chi connectivity index (χ1v) is 11.6. The van der Waals surface area contributed by atoms with Gasteiger partial charge in [0.1, 0.15) is 19.2 Å². The van der Waals surface area contributed by atoms with Crippen molar-refractivity contribution in [1.29, 1.82) is 0 Å². The van der Waals surface area contributed by atoms with Gasteiger partial charge in [-0.1, -0.05) is 60.2 Å². The molecule has 2 aromatic carbocycles. The number of ether oxygens (including phenoxy) is 1. The van der Waals surface area contributed by atoms with Crippen molar-refractivity contribution in [2.75, 3.05) is 13.2 Å². The Kier molecular flexibility index (Phi) is 7.01. The van der Waals surface area contributed by atoms with Crippen molar-refractivity contribution < 1.29 is 24.2 Å². The van der Waals surface area contributed by atoms with Crippen LogP contribution < -0.4 is 5.32 Å². The highest BCUT2D eigenvalue weighted by Gasteiger charge is 2.37. The molecule has 7 nitrogen and oxygen atoms in total. The van der Waals surface area contributed by atoms with Gasteiger partial charge in [-0.15, -0.1) is 0 Å². The fourth-order valence-electron chi connectivity index (χ4n) is 4.48. The molecule has 0 radical (unpaired) electrons. The molecule has 0 bridgehead atoms. The molecule has 178 valence electrons. The lowest BCUT2D eigenvalue weighted by atomic mass is 9.98. The van der Waals surface area contributed by atoms with E-state index in [0.717, 1.165) is 40.7 Å². The lowest BCUT2D eigenvalue weighted by Crippen LogP contribution is -2.50. The number of rotatable bonds is 9. The molecule has 1 atom stereocenters. The molecule has 7 heteroatoms. The number of aliphatic carboxylic acids is 1. The minimum Gasteiger partial charge on any atom is -0.480 e. The standard InChI is InChI=1S/C27H30N2O5/c1-17(2)11-14-24(26(32)29(15-25(30)31)18-12-13-18)28-27(33)34-16-23-21-9-5-3-7-19(21)20-8-4-6-10-22(20)23/h3-11,18,23-24H,12-16H2,1-2H3,(H,28,33)(H,30,31). The van der Waals surface area contributed by atoms with Crippen LogP contribution in [-0.2, 0) is 14.3 Å². The minimum atomic E-state index is -1.07. The van der Waals surface area contributed by atoms with Crippen molar-refractivity contribution in [3.05, 3.63) is 71.3 Å². The summed E-state index contributed by atoms with van der Waals surface area (Å²) < 4.78 is 5.61. The molecule has 34 heavy (non-hydrogen) atoms. The minimum absolute atomic E-state index is 0.0814. The molecule has 0 saturated heterocycles. The summed E-state index contributed by atoms with van der Waals surface area (Å²) in [6.07, 6.45) is 3.00. The normalized spacial score (nSPS) is 15.0. The molecule has 0 aliphatic heterocycles. The Balaban J connectivity index is 1.45. The fourth-order valence-corrected chi connectivity index (χ4v) is 4.48. The lowest BCUT2D eigenvalue weighted by Gasteiger charge is -2.26. The number of alkyl carbamates (subject to hydrolysis) is 1. The molecule has 2 amide bonds. The molecule has 4 rings (SSSR count). The molecule has 1 saturated carbocycles. The average Bonchev–Trinajstić information content (AvgIpc) is 3.61. The summed E-state index contributed by atoms with van der Waals surface area (Å²) in [6.45, 7) is 3.58. The smallest absolute Gasteiger partial charge is 0.407 e. The van der Waals surface area contributed by atoms with Gasteiger partial charge in [-0.25, -0.2) is 4.79 Å². The van der Waals surface area contributed by atoms with E-state index < -0.39 is 24.0 Å². The Hall–Kier alpha value is -3.61. The fraction of sp³-hybridized carbons (Fsp3) is 0.370. The summed E-state index contributed by atoms with van der Waals surface area (Å²) >= 11 is 0. The van der Waals surface area contributed by atoms with Gasteiger partial charge in [0.2, 0.25) is 5.91 Å². The zero-order valence-electron chi connectivity index (χ0n) is 19.5. The number of carbonyl (C=O) groups excluding carboxylic acids is 2. The topological polar surface area (TPSA) is 95.9 Å². The number of nitrogens with one attached hydrogen (secondary N) is 1. The first-order chi connectivity index (χ1) is 16.3. The zero-order valence-corrected chi connectivity index (χ0v) is 19.5. The number of carboxylic acid groups (broad SMARTS) is 1. The van der Waals surface area contributed by atoms with Crippen LogP contribution in [0.25, 0.3) is 11.1 Å². The number of nitrogens with zero attached hydrogens (tertiary/aromatic N) is 1. The summed E-state index contributed by atoms with van der Waals surface area (Å²) in [4.78, 5) is 38.6. The number of benzene rings is 2. The number of allylic oxidation sites excluding steroid dienone is 1. The van der Waals surface area contributed by atoms with Gasteiger partial charge in [0, 0.05) is 12.0 Å². The first-order valence-electron chi connectivity index (χ1n) is 11.6. The summed E-state index contributed by atoms with van der Waals surface area (Å²) in [5.74, 6) is -1.54. The van der Waals surface area contributed by atoms with E-state index in [1.54, 1.807) is 0 Å². The average molecular weight is 463 g/mol. The maximum atomic E-state index is 13.2.